The van der Waals surface area contributed by atoms with Crippen molar-refractivity contribution in [1.82, 2.24) is 9.97 Å². The molecule has 0 fully saturated rings. The standard InChI is InChI=1S/C13H16FN3/c1-2-11-13(17-12(16-11)6-7-15)9-4-3-5-10(14)8-9/h3-5,8H,2,6-7,15H2,1H3,(H,16,17). The fourth-order valence-electron chi connectivity index (χ4n) is 1.85. The first-order valence-electron chi connectivity index (χ1n) is 5.78. The van der Waals surface area contributed by atoms with Gasteiger partial charge in [0.2, 0.25) is 0 Å². The van der Waals surface area contributed by atoms with Gasteiger partial charge in [0.1, 0.15) is 11.6 Å². The number of hydrogen-bond donors (Lipinski definition) is 2. The van der Waals surface area contributed by atoms with E-state index in [0.29, 0.717) is 13.0 Å². The minimum absolute atomic E-state index is 0.243. The lowest BCUT2D eigenvalue weighted by atomic mass is 10.1. The maximum Gasteiger partial charge on any atom is 0.123 e. The summed E-state index contributed by atoms with van der Waals surface area (Å²) in [6.07, 6.45) is 1.55. The molecule has 1 aromatic carbocycles. The number of halogens is 1. The van der Waals surface area contributed by atoms with Crippen LogP contribution in [0.3, 0.4) is 0 Å². The molecule has 2 aromatic rings. The van der Waals surface area contributed by atoms with Crippen LogP contribution in [0.1, 0.15) is 18.4 Å². The molecule has 0 aliphatic heterocycles. The lowest BCUT2D eigenvalue weighted by Crippen LogP contribution is -2.03. The highest BCUT2D eigenvalue weighted by molar-refractivity contribution is 5.62. The third-order valence-electron chi connectivity index (χ3n) is 2.66. The fourth-order valence-corrected chi connectivity index (χ4v) is 1.85. The second-order valence-corrected chi connectivity index (χ2v) is 3.91. The maximum absolute atomic E-state index is 13.2. The van der Waals surface area contributed by atoms with Gasteiger partial charge in [0, 0.05) is 17.7 Å². The number of benzene rings is 1. The Morgan fingerprint density at radius 2 is 2.24 bits per heavy atom. The van der Waals surface area contributed by atoms with Crippen LogP contribution in [0.2, 0.25) is 0 Å². The van der Waals surface area contributed by atoms with Gasteiger partial charge in [-0.25, -0.2) is 9.37 Å². The second-order valence-electron chi connectivity index (χ2n) is 3.91. The van der Waals surface area contributed by atoms with Crippen LogP contribution < -0.4 is 5.73 Å². The topological polar surface area (TPSA) is 54.7 Å². The van der Waals surface area contributed by atoms with Crippen LogP contribution in [-0.4, -0.2) is 16.5 Å². The summed E-state index contributed by atoms with van der Waals surface area (Å²) < 4.78 is 13.2. The number of rotatable bonds is 4. The number of aromatic amines is 1. The van der Waals surface area contributed by atoms with Gasteiger partial charge in [0.25, 0.3) is 0 Å². The smallest absolute Gasteiger partial charge is 0.123 e. The van der Waals surface area contributed by atoms with Crippen molar-refractivity contribution in [2.75, 3.05) is 6.54 Å². The average Bonchev–Trinajstić information content (AvgIpc) is 2.73. The number of nitrogens with two attached hydrogens (primary N) is 1. The number of aromatic nitrogens is 2. The number of H-pyrrole nitrogens is 1. The van der Waals surface area contributed by atoms with E-state index in [-0.39, 0.29) is 5.82 Å². The Labute approximate surface area is 99.9 Å². The summed E-state index contributed by atoms with van der Waals surface area (Å²) >= 11 is 0. The molecule has 3 N–H and O–H groups in total. The van der Waals surface area contributed by atoms with E-state index < -0.39 is 0 Å². The summed E-state index contributed by atoms with van der Waals surface area (Å²) in [5.74, 6) is 0.622. The van der Waals surface area contributed by atoms with Crippen molar-refractivity contribution in [3.8, 4) is 11.3 Å². The monoisotopic (exact) mass is 233 g/mol. The Morgan fingerprint density at radius 1 is 1.41 bits per heavy atom. The Hall–Kier alpha value is -1.68. The molecule has 0 atom stereocenters. The zero-order valence-corrected chi connectivity index (χ0v) is 9.83. The molecule has 0 radical (unpaired) electrons. The molecule has 0 bridgehead atoms. The van der Waals surface area contributed by atoms with Gasteiger partial charge in [0.05, 0.1) is 5.69 Å². The van der Waals surface area contributed by atoms with Gasteiger partial charge in [0.15, 0.2) is 0 Å². The minimum Gasteiger partial charge on any atom is -0.345 e. The molecule has 2 rings (SSSR count). The number of hydrogen-bond acceptors (Lipinski definition) is 2. The fraction of sp³-hybridized carbons (Fsp3) is 0.308. The molecular weight excluding hydrogens is 217 g/mol. The minimum atomic E-state index is -0.243. The molecule has 0 spiro atoms. The van der Waals surface area contributed by atoms with Crippen LogP contribution in [0.4, 0.5) is 4.39 Å². The Bertz CT molecular complexity index is 505. The number of nitrogens with zero attached hydrogens (tertiary/aromatic N) is 1. The number of imidazole rings is 1. The highest BCUT2D eigenvalue weighted by atomic mass is 19.1. The summed E-state index contributed by atoms with van der Waals surface area (Å²) in [7, 11) is 0. The maximum atomic E-state index is 13.2. The predicted molar refractivity (Wildman–Crippen MR) is 66.1 cm³/mol. The first kappa shape index (κ1) is 11.8. The van der Waals surface area contributed by atoms with E-state index in [1.54, 1.807) is 6.07 Å². The van der Waals surface area contributed by atoms with Gasteiger partial charge in [-0.05, 0) is 25.1 Å². The molecule has 4 heteroatoms. The van der Waals surface area contributed by atoms with Gasteiger partial charge < -0.3 is 10.7 Å². The molecule has 1 aromatic heterocycles. The molecule has 3 nitrogen and oxygen atoms in total. The largest absolute Gasteiger partial charge is 0.345 e. The number of nitrogens with one attached hydrogen (secondary N) is 1. The van der Waals surface area contributed by atoms with Crippen LogP contribution in [0, 0.1) is 5.82 Å². The molecule has 0 saturated carbocycles. The van der Waals surface area contributed by atoms with Gasteiger partial charge >= 0.3 is 0 Å². The van der Waals surface area contributed by atoms with Crippen LogP contribution in [-0.2, 0) is 12.8 Å². The molecule has 0 aliphatic rings. The SMILES string of the molecule is CCc1[nH]c(CCN)nc1-c1cccc(F)c1. The van der Waals surface area contributed by atoms with Gasteiger partial charge in [-0.3, -0.25) is 0 Å². The van der Waals surface area contributed by atoms with Crippen LogP contribution in [0.5, 0.6) is 0 Å². The Morgan fingerprint density at radius 3 is 2.88 bits per heavy atom. The molecule has 17 heavy (non-hydrogen) atoms. The Kier molecular flexibility index (Phi) is 3.54. The predicted octanol–water partition coefficient (Wildman–Crippen LogP) is 2.28. The van der Waals surface area contributed by atoms with Crippen molar-refractivity contribution < 1.29 is 4.39 Å². The summed E-state index contributed by atoms with van der Waals surface area (Å²) in [5.41, 5.74) is 8.17. The first-order chi connectivity index (χ1) is 8.24. The highest BCUT2D eigenvalue weighted by Crippen LogP contribution is 2.22. The summed E-state index contributed by atoms with van der Waals surface area (Å²) in [6, 6.07) is 6.50. The van der Waals surface area contributed by atoms with Crippen molar-refractivity contribution >= 4 is 0 Å². The molecule has 0 amide bonds. The van der Waals surface area contributed by atoms with Crippen LogP contribution in [0.25, 0.3) is 11.3 Å². The van der Waals surface area contributed by atoms with E-state index in [9.17, 15) is 4.39 Å². The molecule has 90 valence electrons. The van der Waals surface area contributed by atoms with Crippen LogP contribution >= 0.6 is 0 Å². The summed E-state index contributed by atoms with van der Waals surface area (Å²) in [5, 5.41) is 0. The normalized spacial score (nSPS) is 10.8. The van der Waals surface area contributed by atoms with Crippen molar-refractivity contribution in [3.63, 3.8) is 0 Å². The highest BCUT2D eigenvalue weighted by Gasteiger charge is 2.10. The van der Waals surface area contributed by atoms with Gasteiger partial charge in [-0.1, -0.05) is 19.1 Å². The van der Waals surface area contributed by atoms with Gasteiger partial charge in [-0.15, -0.1) is 0 Å². The second kappa shape index (κ2) is 5.10. The molecule has 0 unspecified atom stereocenters. The van der Waals surface area contributed by atoms with Crippen molar-refractivity contribution in [2.24, 2.45) is 5.73 Å². The molecule has 1 heterocycles. The average molecular weight is 233 g/mol. The van der Waals surface area contributed by atoms with E-state index >= 15 is 0 Å². The lowest BCUT2D eigenvalue weighted by molar-refractivity contribution is 0.628. The van der Waals surface area contributed by atoms with E-state index in [2.05, 4.69) is 9.97 Å². The van der Waals surface area contributed by atoms with Crippen molar-refractivity contribution in [2.45, 2.75) is 19.8 Å². The van der Waals surface area contributed by atoms with Gasteiger partial charge in [-0.2, -0.15) is 0 Å². The van der Waals surface area contributed by atoms with E-state index in [1.807, 2.05) is 13.0 Å². The molecule has 0 aliphatic carbocycles. The third kappa shape index (κ3) is 2.53. The Balaban J connectivity index is 2.43. The zero-order valence-electron chi connectivity index (χ0n) is 9.83. The number of aryl methyl sites for hydroxylation is 1. The van der Waals surface area contributed by atoms with Crippen molar-refractivity contribution in [1.29, 1.82) is 0 Å². The zero-order chi connectivity index (χ0) is 12.3. The summed E-state index contributed by atoms with van der Waals surface area (Å²) in [4.78, 5) is 7.72. The quantitative estimate of drug-likeness (QED) is 0.851. The first-order valence-corrected chi connectivity index (χ1v) is 5.78. The lowest BCUT2D eigenvalue weighted by Gasteiger charge is -1.99. The third-order valence-corrected chi connectivity index (χ3v) is 2.66. The summed E-state index contributed by atoms with van der Waals surface area (Å²) in [6.45, 7) is 2.60. The molecular formula is C13H16FN3. The molecule has 0 saturated heterocycles. The van der Waals surface area contributed by atoms with E-state index in [4.69, 9.17) is 5.73 Å². The van der Waals surface area contributed by atoms with E-state index in [0.717, 1.165) is 29.2 Å². The van der Waals surface area contributed by atoms with Crippen LogP contribution in [0.15, 0.2) is 24.3 Å². The van der Waals surface area contributed by atoms with Crippen molar-refractivity contribution in [3.05, 3.63) is 41.6 Å². The van der Waals surface area contributed by atoms with E-state index in [1.165, 1.54) is 12.1 Å².